The zero-order valence-electron chi connectivity index (χ0n) is 31.6. The highest BCUT2D eigenvalue weighted by Crippen LogP contribution is 2.43. The van der Waals surface area contributed by atoms with E-state index in [0.717, 1.165) is 95.3 Å². The van der Waals surface area contributed by atoms with Gasteiger partial charge in [0.05, 0.1) is 30.2 Å². The van der Waals surface area contributed by atoms with Crippen LogP contribution in [0.1, 0.15) is 81.5 Å². The molecule has 7 rings (SSSR count). The molecule has 4 aromatic rings. The second kappa shape index (κ2) is 15.9. The quantitative estimate of drug-likeness (QED) is 0.114. The van der Waals surface area contributed by atoms with Gasteiger partial charge in [0.2, 0.25) is 6.41 Å². The summed E-state index contributed by atoms with van der Waals surface area (Å²) in [5, 5.41) is 4.20. The number of aliphatic imine (C=N–C) groups is 1. The highest BCUT2D eigenvalue weighted by atomic mass is 35.5. The minimum absolute atomic E-state index is 0.196. The smallest absolute Gasteiger partial charge is 0.212 e. The minimum Gasteiger partial charge on any atom is -0.497 e. The summed E-state index contributed by atoms with van der Waals surface area (Å²) in [5.74, 6) is 2.03. The van der Waals surface area contributed by atoms with Gasteiger partial charge in [-0.25, -0.2) is 4.98 Å². The normalized spacial score (nSPS) is 16.5. The number of hydrogen-bond donors (Lipinski definition) is 1. The van der Waals surface area contributed by atoms with E-state index in [4.69, 9.17) is 42.7 Å². The van der Waals surface area contributed by atoms with Gasteiger partial charge < -0.3 is 24.6 Å². The van der Waals surface area contributed by atoms with Crippen molar-refractivity contribution in [3.05, 3.63) is 134 Å². The van der Waals surface area contributed by atoms with Crippen molar-refractivity contribution < 1.29 is 14.3 Å². The number of nitrogens with zero attached hydrogens (tertiary/aromatic N) is 4. The average molecular weight is 765 g/mol. The maximum Gasteiger partial charge on any atom is 0.212 e. The van der Waals surface area contributed by atoms with Gasteiger partial charge in [-0.05, 0) is 130 Å². The molecule has 0 radical (unpaired) electrons. The van der Waals surface area contributed by atoms with Gasteiger partial charge in [0.15, 0.2) is 11.7 Å². The molecular weight excluding hydrogens is 717 g/mol. The number of pyridine rings is 1. The SMILES string of the molecule is COc1ccc(CN2C(=C3CCC3)C(CCc3ccccc3Cl)N=C(c3cnc(NC=O)c(N(C)C(OC(C)(C)C)=C4CC4)c3)c3cc(Cl)ccc32)cc1. The molecule has 8 nitrogen and oxygen atoms in total. The largest absolute Gasteiger partial charge is 0.497 e. The first kappa shape index (κ1) is 37.5. The van der Waals surface area contributed by atoms with Crippen LogP contribution in [0.15, 0.2) is 107 Å². The van der Waals surface area contributed by atoms with Crippen molar-refractivity contribution in [3.63, 3.8) is 0 Å². The molecule has 1 unspecified atom stereocenters. The predicted molar refractivity (Wildman–Crippen MR) is 220 cm³/mol. The lowest BCUT2D eigenvalue weighted by molar-refractivity contribution is -0.105. The van der Waals surface area contributed by atoms with Crippen molar-refractivity contribution in [2.75, 3.05) is 29.3 Å². The number of hydrogen-bond acceptors (Lipinski definition) is 7. The first-order valence-electron chi connectivity index (χ1n) is 18.6. The fourth-order valence-electron chi connectivity index (χ4n) is 7.13. The number of amides is 1. The van der Waals surface area contributed by atoms with Crippen LogP contribution in [0.3, 0.4) is 0 Å². The topological polar surface area (TPSA) is 79.3 Å². The summed E-state index contributed by atoms with van der Waals surface area (Å²) in [6.07, 6.45) is 9.08. The van der Waals surface area contributed by atoms with E-state index in [1.807, 2.05) is 75.2 Å². The van der Waals surface area contributed by atoms with Crippen molar-refractivity contribution in [2.45, 2.75) is 83.9 Å². The number of aromatic nitrogens is 1. The Morgan fingerprint density at radius 1 is 1.02 bits per heavy atom. The van der Waals surface area contributed by atoms with Gasteiger partial charge in [0.25, 0.3) is 0 Å². The highest BCUT2D eigenvalue weighted by Gasteiger charge is 2.34. The minimum atomic E-state index is -0.419. The summed E-state index contributed by atoms with van der Waals surface area (Å²) >= 11 is 13.6. The predicted octanol–water partition coefficient (Wildman–Crippen LogP) is 10.5. The van der Waals surface area contributed by atoms with Crippen LogP contribution in [-0.4, -0.2) is 42.9 Å². The Bertz CT molecular complexity index is 2120. The molecule has 1 amide bonds. The lowest BCUT2D eigenvalue weighted by atomic mass is 9.86. The summed E-state index contributed by atoms with van der Waals surface area (Å²) in [4.78, 5) is 26.9. The molecule has 0 bridgehead atoms. The number of aryl methyl sites for hydroxylation is 1. The number of ether oxygens (including phenoxy) is 2. The van der Waals surface area contributed by atoms with Crippen LogP contribution in [0.2, 0.25) is 10.0 Å². The average Bonchev–Trinajstić information content (AvgIpc) is 3.99. The Morgan fingerprint density at radius 2 is 1.78 bits per heavy atom. The zero-order chi connectivity index (χ0) is 38.0. The third kappa shape index (κ3) is 8.30. The van der Waals surface area contributed by atoms with Crippen LogP contribution in [0.5, 0.6) is 5.75 Å². The number of methoxy groups -OCH3 is 1. The van der Waals surface area contributed by atoms with Gasteiger partial charge in [0.1, 0.15) is 11.4 Å². The van der Waals surface area contributed by atoms with Crippen molar-refractivity contribution in [2.24, 2.45) is 4.99 Å². The van der Waals surface area contributed by atoms with Gasteiger partial charge in [-0.3, -0.25) is 9.79 Å². The maximum absolute atomic E-state index is 11.9. The summed E-state index contributed by atoms with van der Waals surface area (Å²) < 4.78 is 12.0. The first-order valence-corrected chi connectivity index (χ1v) is 19.4. The Balaban J connectivity index is 1.41. The second-order valence-electron chi connectivity index (χ2n) is 15.1. The van der Waals surface area contributed by atoms with Crippen LogP contribution in [0.4, 0.5) is 17.2 Å². The van der Waals surface area contributed by atoms with E-state index in [1.165, 1.54) is 16.8 Å². The maximum atomic E-state index is 11.9. The third-order valence-electron chi connectivity index (χ3n) is 10.1. The molecule has 2 fully saturated rings. The number of carbonyl (C=O) groups excluding carboxylic acids is 1. The first-order chi connectivity index (χ1) is 26.0. The van der Waals surface area contributed by atoms with Gasteiger partial charge >= 0.3 is 0 Å². The molecule has 0 spiro atoms. The van der Waals surface area contributed by atoms with Crippen molar-refractivity contribution >= 4 is 52.5 Å². The van der Waals surface area contributed by atoms with Crippen LogP contribution >= 0.6 is 23.2 Å². The molecule has 10 heteroatoms. The number of fused-ring (bicyclic) bond motifs is 1. The van der Waals surface area contributed by atoms with E-state index < -0.39 is 5.60 Å². The van der Waals surface area contributed by atoms with Gasteiger partial charge in [0, 0.05) is 46.7 Å². The van der Waals surface area contributed by atoms with Crippen LogP contribution < -0.4 is 19.9 Å². The van der Waals surface area contributed by atoms with E-state index >= 15 is 0 Å². The lowest BCUT2D eigenvalue weighted by Gasteiger charge is -2.35. The Kier molecular flexibility index (Phi) is 11.0. The number of rotatable bonds is 12. The fourth-order valence-corrected chi connectivity index (χ4v) is 7.54. The van der Waals surface area contributed by atoms with Crippen LogP contribution in [0, 0.1) is 0 Å². The summed E-state index contributed by atoms with van der Waals surface area (Å²) in [6.45, 7) is 6.76. The second-order valence-corrected chi connectivity index (χ2v) is 15.9. The number of carbonyl (C=O) groups is 1. The molecule has 54 heavy (non-hydrogen) atoms. The summed E-state index contributed by atoms with van der Waals surface area (Å²) in [6, 6.07) is 24.3. The van der Waals surface area contributed by atoms with E-state index in [9.17, 15) is 4.79 Å². The molecule has 1 N–H and O–H groups in total. The monoisotopic (exact) mass is 763 g/mol. The molecule has 1 aromatic heterocycles. The summed E-state index contributed by atoms with van der Waals surface area (Å²) in [5.41, 5.74) is 9.91. The summed E-state index contributed by atoms with van der Waals surface area (Å²) in [7, 11) is 3.65. The van der Waals surface area contributed by atoms with Crippen LogP contribution in [0.25, 0.3) is 0 Å². The van der Waals surface area contributed by atoms with Crippen molar-refractivity contribution in [3.8, 4) is 5.75 Å². The van der Waals surface area contributed by atoms with Crippen LogP contribution in [-0.2, 0) is 22.5 Å². The Hall–Kier alpha value is -4.79. The molecule has 0 saturated heterocycles. The van der Waals surface area contributed by atoms with Crippen molar-refractivity contribution in [1.82, 2.24) is 4.98 Å². The van der Waals surface area contributed by atoms with Gasteiger partial charge in [-0.2, -0.15) is 0 Å². The molecular formula is C44H47Cl2N5O3. The van der Waals surface area contributed by atoms with E-state index in [2.05, 4.69) is 40.5 Å². The molecule has 3 aliphatic rings. The number of benzodiazepines with no additional fused rings is 1. The lowest BCUT2D eigenvalue weighted by Crippen LogP contribution is -2.31. The zero-order valence-corrected chi connectivity index (χ0v) is 33.1. The van der Waals surface area contributed by atoms with E-state index in [1.54, 1.807) is 13.3 Å². The van der Waals surface area contributed by atoms with Gasteiger partial charge in [-0.15, -0.1) is 0 Å². The fraction of sp³-hybridized carbons (Fsp3) is 0.341. The number of allylic oxidation sites excluding steroid dienone is 2. The Labute approximate surface area is 328 Å². The third-order valence-corrected chi connectivity index (χ3v) is 10.7. The number of halogens is 2. The molecule has 2 heterocycles. The van der Waals surface area contributed by atoms with E-state index in [0.29, 0.717) is 29.5 Å². The standard InChI is InChI=1S/C44H47Cl2N5O3/c1-44(2,3)54-43(31-15-16-31)50(4)39-23-32(25-47-42(39)48-27-52)40-35-24-33(45)18-22-38(35)51(26-28-13-19-34(53-5)20-14-28)41(30-10-8-11-30)37(49-40)21-17-29-9-6-7-12-36(29)46/h6-7,9,12-14,18-20,22-25,27,37H,8,10-11,15-17,21,26H2,1-5H3,(H,47,48,52). The molecule has 2 saturated carbocycles. The molecule has 1 aliphatic heterocycles. The number of nitrogens with one attached hydrogen (secondary N) is 1. The molecule has 2 aliphatic carbocycles. The number of anilines is 3. The molecule has 1 atom stereocenters. The highest BCUT2D eigenvalue weighted by molar-refractivity contribution is 6.32. The molecule has 3 aromatic carbocycles. The van der Waals surface area contributed by atoms with E-state index in [-0.39, 0.29) is 6.04 Å². The number of benzene rings is 3. The Morgan fingerprint density at radius 3 is 2.43 bits per heavy atom. The van der Waals surface area contributed by atoms with Crippen molar-refractivity contribution in [1.29, 1.82) is 0 Å². The molecule has 280 valence electrons. The van der Waals surface area contributed by atoms with Gasteiger partial charge in [-0.1, -0.05) is 53.5 Å².